The molecule has 0 aliphatic carbocycles. The molecule has 0 radical (unpaired) electrons. The molecule has 168 valence electrons. The fraction of sp³-hybridized carbons (Fsp3) is 0.348. The molecule has 1 saturated heterocycles. The maximum Gasteiger partial charge on any atom is 0.362 e. The Morgan fingerprint density at radius 3 is 2.56 bits per heavy atom. The topological polar surface area (TPSA) is 89.7 Å². The first-order chi connectivity index (χ1) is 15.4. The van der Waals surface area contributed by atoms with Crippen molar-refractivity contribution in [1.82, 2.24) is 15.0 Å². The van der Waals surface area contributed by atoms with E-state index in [-0.39, 0.29) is 17.7 Å². The molecule has 0 unspecified atom stereocenters. The summed E-state index contributed by atoms with van der Waals surface area (Å²) in [5.41, 5.74) is 3.05. The van der Waals surface area contributed by atoms with Gasteiger partial charge in [0.05, 0.1) is 13.7 Å². The Hall–Kier alpha value is -3.26. The van der Waals surface area contributed by atoms with Crippen LogP contribution in [0.2, 0.25) is 5.02 Å². The van der Waals surface area contributed by atoms with Crippen LogP contribution >= 0.6 is 11.6 Å². The molecule has 0 saturated carbocycles. The second-order valence-corrected chi connectivity index (χ2v) is 8.23. The Kier molecular flexibility index (Phi) is 6.50. The highest BCUT2D eigenvalue weighted by atomic mass is 35.5. The molecule has 1 aromatic heterocycles. The Bertz CT molecular complexity index is 1090. The van der Waals surface area contributed by atoms with Gasteiger partial charge in [0.1, 0.15) is 11.9 Å². The summed E-state index contributed by atoms with van der Waals surface area (Å²) < 4.78 is 12.8. The van der Waals surface area contributed by atoms with E-state index < -0.39 is 5.97 Å². The van der Waals surface area contributed by atoms with Gasteiger partial charge in [0.15, 0.2) is 0 Å². The van der Waals surface area contributed by atoms with Crippen LogP contribution < -0.4 is 14.4 Å². The predicted molar refractivity (Wildman–Crippen MR) is 121 cm³/mol. The lowest BCUT2D eigenvalue weighted by molar-refractivity contribution is 0.0679. The molecule has 2 heterocycles. The molecule has 32 heavy (non-hydrogen) atoms. The molecule has 0 spiro atoms. The van der Waals surface area contributed by atoms with Gasteiger partial charge in [0, 0.05) is 36.6 Å². The number of aromatic nitrogens is 3. The van der Waals surface area contributed by atoms with E-state index in [2.05, 4.69) is 22.1 Å². The third kappa shape index (κ3) is 4.80. The van der Waals surface area contributed by atoms with Gasteiger partial charge in [-0.15, -0.1) is 5.10 Å². The summed E-state index contributed by atoms with van der Waals surface area (Å²) in [6.07, 6.45) is 1.37. The molecule has 1 fully saturated rings. The number of piperidine rings is 1. The zero-order valence-electron chi connectivity index (χ0n) is 18.0. The summed E-state index contributed by atoms with van der Waals surface area (Å²) in [6, 6.07) is 13.4. The highest BCUT2D eigenvalue weighted by Crippen LogP contribution is 2.29. The first-order valence-corrected chi connectivity index (χ1v) is 10.8. The molecule has 9 heteroatoms. The Balaban J connectivity index is 1.47. The number of hydrogen-bond donors (Lipinski definition) is 1. The Labute approximate surface area is 191 Å². The second kappa shape index (κ2) is 9.48. The Morgan fingerprint density at radius 2 is 1.91 bits per heavy atom. The smallest absolute Gasteiger partial charge is 0.362 e. The average Bonchev–Trinajstić information content (AvgIpc) is 3.19. The van der Waals surface area contributed by atoms with Crippen molar-refractivity contribution >= 4 is 23.3 Å². The Morgan fingerprint density at radius 1 is 1.19 bits per heavy atom. The molecular weight excluding hydrogens is 432 g/mol. The molecule has 4 rings (SSSR count). The minimum absolute atomic E-state index is 0.128. The number of halogens is 1. The quantitative estimate of drug-likeness (QED) is 0.573. The number of carbonyl (C=O) groups is 1. The number of hydrogen-bond acceptors (Lipinski definition) is 6. The number of rotatable bonds is 7. The van der Waals surface area contributed by atoms with Crippen LogP contribution in [0.1, 0.15) is 34.5 Å². The van der Waals surface area contributed by atoms with Crippen molar-refractivity contribution in [3.05, 3.63) is 64.3 Å². The monoisotopic (exact) mass is 456 g/mol. The van der Waals surface area contributed by atoms with Crippen molar-refractivity contribution in [3.8, 4) is 11.6 Å². The average molecular weight is 457 g/mol. The molecule has 3 aromatic rings. The first-order valence-electron chi connectivity index (χ1n) is 10.4. The number of anilines is 1. The van der Waals surface area contributed by atoms with Gasteiger partial charge < -0.3 is 19.5 Å². The van der Waals surface area contributed by atoms with E-state index in [1.165, 1.54) is 10.2 Å². The largest absolute Gasteiger partial charge is 0.497 e. The third-order valence-electron chi connectivity index (χ3n) is 5.62. The van der Waals surface area contributed by atoms with E-state index in [1.54, 1.807) is 7.11 Å². The van der Waals surface area contributed by atoms with Crippen LogP contribution in [0.5, 0.6) is 11.6 Å². The number of methoxy groups -OCH3 is 1. The highest BCUT2D eigenvalue weighted by molar-refractivity contribution is 6.30. The van der Waals surface area contributed by atoms with Crippen LogP contribution in [0.15, 0.2) is 42.5 Å². The zero-order chi connectivity index (χ0) is 22.7. The van der Waals surface area contributed by atoms with Gasteiger partial charge in [0.2, 0.25) is 11.6 Å². The minimum Gasteiger partial charge on any atom is -0.497 e. The summed E-state index contributed by atoms with van der Waals surface area (Å²) >= 11 is 6.18. The summed E-state index contributed by atoms with van der Waals surface area (Å²) in [7, 11) is 1.61. The molecule has 0 amide bonds. The van der Waals surface area contributed by atoms with Gasteiger partial charge in [-0.2, -0.15) is 0 Å². The summed E-state index contributed by atoms with van der Waals surface area (Å²) in [6.45, 7) is 3.99. The van der Waals surface area contributed by atoms with Crippen LogP contribution in [0.3, 0.4) is 0 Å². The lowest BCUT2D eigenvalue weighted by Gasteiger charge is -2.34. The summed E-state index contributed by atoms with van der Waals surface area (Å²) in [4.78, 5) is 14.0. The van der Waals surface area contributed by atoms with Crippen LogP contribution in [-0.2, 0) is 6.54 Å². The molecular formula is C23H25ClN4O4. The molecule has 1 N–H and O–H groups in total. The van der Waals surface area contributed by atoms with E-state index in [0.717, 1.165) is 42.9 Å². The van der Waals surface area contributed by atoms with Gasteiger partial charge in [0.25, 0.3) is 0 Å². The second-order valence-electron chi connectivity index (χ2n) is 7.79. The first kappa shape index (κ1) is 22.0. The molecule has 8 nitrogen and oxygen atoms in total. The number of aryl methyl sites for hydroxylation is 1. The number of ether oxygens (including phenoxy) is 2. The van der Waals surface area contributed by atoms with Gasteiger partial charge in [-0.1, -0.05) is 35.0 Å². The third-order valence-corrected chi connectivity index (χ3v) is 5.85. The van der Waals surface area contributed by atoms with E-state index in [9.17, 15) is 9.90 Å². The number of benzene rings is 2. The number of aromatic carboxylic acids is 1. The van der Waals surface area contributed by atoms with Crippen LogP contribution in [0.4, 0.5) is 5.69 Å². The fourth-order valence-corrected chi connectivity index (χ4v) is 4.02. The van der Waals surface area contributed by atoms with Crippen molar-refractivity contribution < 1.29 is 19.4 Å². The zero-order valence-corrected chi connectivity index (χ0v) is 18.7. The highest BCUT2D eigenvalue weighted by Gasteiger charge is 2.27. The summed E-state index contributed by atoms with van der Waals surface area (Å²) in [5, 5.41) is 18.1. The maximum atomic E-state index is 11.7. The number of carboxylic acid groups (broad SMARTS) is 1. The van der Waals surface area contributed by atoms with Crippen molar-refractivity contribution in [3.63, 3.8) is 0 Å². The maximum absolute atomic E-state index is 11.7. The molecule has 0 atom stereocenters. The van der Waals surface area contributed by atoms with Crippen LogP contribution in [-0.4, -0.2) is 52.4 Å². The van der Waals surface area contributed by atoms with Crippen molar-refractivity contribution in [1.29, 1.82) is 0 Å². The van der Waals surface area contributed by atoms with Gasteiger partial charge in [-0.25, -0.2) is 9.48 Å². The lowest BCUT2D eigenvalue weighted by atomic mass is 10.1. The molecule has 0 bridgehead atoms. The number of nitrogens with zero attached hydrogens (tertiary/aromatic N) is 4. The minimum atomic E-state index is -1.16. The molecule has 1 aliphatic rings. The SMILES string of the molecule is COc1ccc(Cn2nnc(C(=O)O)c2OC2CCN(c3cc(Cl)ccc3C)CC2)cc1. The standard InChI is InChI=1S/C23H25ClN4O4/c1-15-3-6-17(24)13-20(15)27-11-9-19(10-12-27)32-22-21(23(29)30)25-26-28(22)14-16-4-7-18(31-2)8-5-16/h3-8,13,19H,9-12,14H2,1-2H3,(H,29,30). The van der Waals surface area contributed by atoms with E-state index in [1.807, 2.05) is 42.5 Å². The van der Waals surface area contributed by atoms with Gasteiger partial charge >= 0.3 is 5.97 Å². The number of carboxylic acids is 1. The van der Waals surface area contributed by atoms with E-state index >= 15 is 0 Å². The lowest BCUT2D eigenvalue weighted by Crippen LogP contribution is -2.39. The van der Waals surface area contributed by atoms with Crippen molar-refractivity contribution in [2.45, 2.75) is 32.4 Å². The van der Waals surface area contributed by atoms with Crippen LogP contribution in [0.25, 0.3) is 0 Å². The van der Waals surface area contributed by atoms with Crippen molar-refractivity contribution in [2.24, 2.45) is 0 Å². The van der Waals surface area contributed by atoms with Crippen LogP contribution in [0, 0.1) is 6.92 Å². The molecule has 1 aliphatic heterocycles. The van der Waals surface area contributed by atoms with Crippen molar-refractivity contribution in [2.75, 3.05) is 25.1 Å². The molecule has 2 aromatic carbocycles. The predicted octanol–water partition coefficient (Wildman–Crippen LogP) is 4.04. The van der Waals surface area contributed by atoms with Gasteiger partial charge in [-0.3, -0.25) is 0 Å². The van der Waals surface area contributed by atoms with Gasteiger partial charge in [-0.05, 0) is 42.3 Å². The van der Waals surface area contributed by atoms with E-state index in [0.29, 0.717) is 11.6 Å². The normalized spacial score (nSPS) is 14.4. The summed E-state index contributed by atoms with van der Waals surface area (Å²) in [5.74, 6) is -0.226. The van der Waals surface area contributed by atoms with E-state index in [4.69, 9.17) is 21.1 Å². The fourth-order valence-electron chi connectivity index (χ4n) is 3.86.